The van der Waals surface area contributed by atoms with Crippen molar-refractivity contribution in [3.8, 4) is 0 Å². The van der Waals surface area contributed by atoms with Crippen molar-refractivity contribution < 1.29 is 9.59 Å². The van der Waals surface area contributed by atoms with Gasteiger partial charge in [-0.2, -0.15) is 0 Å². The Balaban J connectivity index is 1.29. The first-order valence-electron chi connectivity index (χ1n) is 9.32. The van der Waals surface area contributed by atoms with Crippen LogP contribution < -0.4 is 10.6 Å². The van der Waals surface area contributed by atoms with Crippen LogP contribution in [0.1, 0.15) is 27.6 Å². The lowest BCUT2D eigenvalue weighted by Crippen LogP contribution is -2.44. The first kappa shape index (κ1) is 18.6. The van der Waals surface area contributed by atoms with E-state index < -0.39 is 0 Å². The zero-order valence-corrected chi connectivity index (χ0v) is 16.0. The number of aromatic nitrogens is 4. The van der Waals surface area contributed by atoms with Crippen LogP contribution >= 0.6 is 0 Å². The third kappa shape index (κ3) is 4.23. The van der Waals surface area contributed by atoms with Gasteiger partial charge >= 0.3 is 6.03 Å². The van der Waals surface area contributed by atoms with Crippen LogP contribution in [0, 0.1) is 6.92 Å². The van der Waals surface area contributed by atoms with Gasteiger partial charge in [0.25, 0.3) is 5.91 Å². The predicted octanol–water partition coefficient (Wildman–Crippen LogP) is 1.96. The molecule has 9 nitrogen and oxygen atoms in total. The summed E-state index contributed by atoms with van der Waals surface area (Å²) in [4.78, 5) is 30.3. The SMILES string of the molecule is Cc1nnc2n1CCN(C(=O)NCc1ccc(NC(=O)c3cccnc3)cc1)C2. The van der Waals surface area contributed by atoms with Gasteiger partial charge in [-0.15, -0.1) is 10.2 Å². The first-order valence-corrected chi connectivity index (χ1v) is 9.32. The van der Waals surface area contributed by atoms with Crippen LogP contribution in [-0.4, -0.2) is 43.1 Å². The zero-order valence-electron chi connectivity index (χ0n) is 16.0. The third-order valence-electron chi connectivity index (χ3n) is 4.80. The Morgan fingerprint density at radius 1 is 1.10 bits per heavy atom. The van der Waals surface area contributed by atoms with Crippen LogP contribution in [0.5, 0.6) is 0 Å². The molecule has 0 unspecified atom stereocenters. The van der Waals surface area contributed by atoms with Gasteiger partial charge in [-0.25, -0.2) is 4.79 Å². The highest BCUT2D eigenvalue weighted by atomic mass is 16.2. The molecule has 0 saturated carbocycles. The summed E-state index contributed by atoms with van der Waals surface area (Å²) in [6.07, 6.45) is 3.14. The number of pyridine rings is 1. The van der Waals surface area contributed by atoms with Crippen molar-refractivity contribution in [1.82, 2.24) is 30.0 Å². The topological polar surface area (TPSA) is 105 Å². The van der Waals surface area contributed by atoms with E-state index in [2.05, 4.69) is 25.8 Å². The van der Waals surface area contributed by atoms with E-state index >= 15 is 0 Å². The van der Waals surface area contributed by atoms with E-state index in [1.54, 1.807) is 23.2 Å². The van der Waals surface area contributed by atoms with Crippen molar-refractivity contribution in [2.45, 2.75) is 26.6 Å². The Morgan fingerprint density at radius 2 is 1.93 bits per heavy atom. The Bertz CT molecular complexity index is 1020. The molecule has 2 aromatic heterocycles. The molecule has 3 amide bonds. The van der Waals surface area contributed by atoms with Crippen molar-refractivity contribution in [1.29, 1.82) is 0 Å². The summed E-state index contributed by atoms with van der Waals surface area (Å²) in [6, 6.07) is 10.6. The van der Waals surface area contributed by atoms with Gasteiger partial charge in [0, 0.05) is 37.7 Å². The maximum Gasteiger partial charge on any atom is 0.318 e. The van der Waals surface area contributed by atoms with Crippen LogP contribution in [0.2, 0.25) is 0 Å². The van der Waals surface area contributed by atoms with Crippen molar-refractivity contribution >= 4 is 17.6 Å². The lowest BCUT2D eigenvalue weighted by Gasteiger charge is -2.27. The van der Waals surface area contributed by atoms with Crippen LogP contribution in [0.3, 0.4) is 0 Å². The molecule has 3 aromatic rings. The standard InChI is InChI=1S/C20H21N7O2/c1-14-24-25-18-13-26(9-10-27(14)18)20(29)22-11-15-4-6-17(7-5-15)23-19(28)16-3-2-8-21-12-16/h2-8,12H,9-11,13H2,1H3,(H,22,29)(H,23,28). The van der Waals surface area contributed by atoms with Gasteiger partial charge in [-0.3, -0.25) is 9.78 Å². The highest BCUT2D eigenvalue weighted by molar-refractivity contribution is 6.04. The molecule has 1 aliphatic rings. The molecular formula is C20H21N7O2. The maximum atomic E-state index is 12.5. The van der Waals surface area contributed by atoms with E-state index in [-0.39, 0.29) is 11.9 Å². The number of hydrogen-bond acceptors (Lipinski definition) is 5. The van der Waals surface area contributed by atoms with Gasteiger partial charge in [0.15, 0.2) is 5.82 Å². The molecule has 0 atom stereocenters. The zero-order chi connectivity index (χ0) is 20.2. The van der Waals surface area contributed by atoms with E-state index in [9.17, 15) is 9.59 Å². The molecule has 3 heterocycles. The highest BCUT2D eigenvalue weighted by Crippen LogP contribution is 2.13. The number of nitrogens with one attached hydrogen (secondary N) is 2. The molecule has 1 aliphatic heterocycles. The van der Waals surface area contributed by atoms with E-state index in [4.69, 9.17) is 0 Å². The monoisotopic (exact) mass is 391 g/mol. The predicted molar refractivity (Wildman–Crippen MR) is 106 cm³/mol. The van der Waals surface area contributed by atoms with Crippen molar-refractivity contribution in [3.63, 3.8) is 0 Å². The number of carbonyl (C=O) groups is 2. The largest absolute Gasteiger partial charge is 0.334 e. The summed E-state index contributed by atoms with van der Waals surface area (Å²) in [5.74, 6) is 1.46. The van der Waals surface area contributed by atoms with E-state index in [1.807, 2.05) is 35.8 Å². The number of rotatable bonds is 4. The summed E-state index contributed by atoms with van der Waals surface area (Å²) >= 11 is 0. The molecular weight excluding hydrogens is 370 g/mol. The Morgan fingerprint density at radius 3 is 2.69 bits per heavy atom. The smallest absolute Gasteiger partial charge is 0.318 e. The van der Waals surface area contributed by atoms with Crippen molar-refractivity contribution in [2.75, 3.05) is 11.9 Å². The number of nitrogens with zero attached hydrogens (tertiary/aromatic N) is 5. The fourth-order valence-corrected chi connectivity index (χ4v) is 3.17. The molecule has 9 heteroatoms. The number of amides is 3. The van der Waals surface area contributed by atoms with Crippen molar-refractivity contribution in [3.05, 3.63) is 71.6 Å². The second-order valence-corrected chi connectivity index (χ2v) is 6.79. The van der Waals surface area contributed by atoms with Gasteiger partial charge in [0.1, 0.15) is 5.82 Å². The molecule has 29 heavy (non-hydrogen) atoms. The van der Waals surface area contributed by atoms with E-state index in [0.717, 1.165) is 17.2 Å². The quantitative estimate of drug-likeness (QED) is 0.707. The Labute approximate surface area is 167 Å². The highest BCUT2D eigenvalue weighted by Gasteiger charge is 2.23. The molecule has 0 fully saturated rings. The van der Waals surface area contributed by atoms with Gasteiger partial charge in [0.05, 0.1) is 12.1 Å². The summed E-state index contributed by atoms with van der Waals surface area (Å²) < 4.78 is 2.03. The number of hydrogen-bond donors (Lipinski definition) is 2. The van der Waals surface area contributed by atoms with Crippen LogP contribution in [0.15, 0.2) is 48.8 Å². The summed E-state index contributed by atoms with van der Waals surface area (Å²) in [5, 5.41) is 13.9. The van der Waals surface area contributed by atoms with E-state index in [1.165, 1.54) is 6.20 Å². The number of benzene rings is 1. The number of anilines is 1. The second kappa shape index (κ2) is 8.09. The summed E-state index contributed by atoms with van der Waals surface area (Å²) in [5.41, 5.74) is 2.12. The van der Waals surface area contributed by atoms with Crippen molar-refractivity contribution in [2.24, 2.45) is 0 Å². The lowest BCUT2D eigenvalue weighted by atomic mass is 10.2. The first-order chi connectivity index (χ1) is 14.1. The average Bonchev–Trinajstić information content (AvgIpc) is 3.13. The van der Waals surface area contributed by atoms with Crippen LogP contribution in [-0.2, 0) is 19.6 Å². The number of aryl methyl sites for hydroxylation is 1. The molecule has 4 rings (SSSR count). The molecule has 2 N–H and O–H groups in total. The van der Waals surface area contributed by atoms with Crippen LogP contribution in [0.25, 0.3) is 0 Å². The fraction of sp³-hybridized carbons (Fsp3) is 0.250. The minimum absolute atomic E-state index is 0.133. The Kier molecular flexibility index (Phi) is 5.19. The van der Waals surface area contributed by atoms with Crippen LogP contribution in [0.4, 0.5) is 10.5 Å². The normalized spacial score (nSPS) is 12.9. The van der Waals surface area contributed by atoms with E-state index in [0.29, 0.717) is 37.4 Å². The summed E-state index contributed by atoms with van der Waals surface area (Å²) in [6.45, 7) is 4.09. The molecule has 148 valence electrons. The molecule has 0 radical (unpaired) electrons. The number of carbonyl (C=O) groups excluding carboxylic acids is 2. The average molecular weight is 391 g/mol. The van der Waals surface area contributed by atoms with Gasteiger partial charge in [-0.1, -0.05) is 12.1 Å². The molecule has 0 bridgehead atoms. The number of fused-ring (bicyclic) bond motifs is 1. The molecule has 1 aromatic carbocycles. The Hall–Kier alpha value is -3.75. The lowest BCUT2D eigenvalue weighted by molar-refractivity contribution is 0.102. The minimum atomic E-state index is -0.215. The number of urea groups is 1. The molecule has 0 spiro atoms. The maximum absolute atomic E-state index is 12.5. The molecule has 0 aliphatic carbocycles. The fourth-order valence-electron chi connectivity index (χ4n) is 3.17. The van der Waals surface area contributed by atoms with Gasteiger partial charge < -0.3 is 20.1 Å². The minimum Gasteiger partial charge on any atom is -0.334 e. The van der Waals surface area contributed by atoms with Gasteiger partial charge in [0.2, 0.25) is 0 Å². The third-order valence-corrected chi connectivity index (χ3v) is 4.80. The summed E-state index contributed by atoms with van der Waals surface area (Å²) in [7, 11) is 0. The van der Waals surface area contributed by atoms with Gasteiger partial charge in [-0.05, 0) is 36.8 Å². The molecule has 0 saturated heterocycles. The second-order valence-electron chi connectivity index (χ2n) is 6.79.